The normalized spacial score (nSPS) is 9.95. The maximum absolute atomic E-state index is 11.9. The molecule has 2 aromatic carbocycles. The van der Waals surface area contributed by atoms with Gasteiger partial charge in [0.1, 0.15) is 17.1 Å². The van der Waals surface area contributed by atoms with Crippen LogP contribution in [0.5, 0.6) is 11.5 Å². The van der Waals surface area contributed by atoms with Gasteiger partial charge in [-0.3, -0.25) is 4.79 Å². The molecule has 96 valence electrons. The summed E-state index contributed by atoms with van der Waals surface area (Å²) in [5.74, 6) is -1.09. The number of carbonyl (C=O) groups excluding carboxylic acids is 2. The van der Waals surface area contributed by atoms with Crippen LogP contribution in [0.1, 0.15) is 27.6 Å². The van der Waals surface area contributed by atoms with Crippen molar-refractivity contribution in [2.24, 2.45) is 0 Å². The highest BCUT2D eigenvalue weighted by atomic mass is 16.5. The molecule has 0 amide bonds. The molecule has 0 atom stereocenters. The zero-order chi connectivity index (χ0) is 13.8. The van der Waals surface area contributed by atoms with Crippen LogP contribution in [0.25, 0.3) is 0 Å². The van der Waals surface area contributed by atoms with Gasteiger partial charge in [0.2, 0.25) is 0 Å². The third-order valence-electron chi connectivity index (χ3n) is 2.57. The number of aromatic hydroxyl groups is 1. The van der Waals surface area contributed by atoms with Gasteiger partial charge in [-0.25, -0.2) is 4.79 Å². The van der Waals surface area contributed by atoms with Gasteiger partial charge < -0.3 is 9.84 Å². The van der Waals surface area contributed by atoms with E-state index in [0.29, 0.717) is 5.56 Å². The average molecular weight is 256 g/mol. The Morgan fingerprint density at radius 1 is 1.00 bits per heavy atom. The van der Waals surface area contributed by atoms with Gasteiger partial charge in [0.25, 0.3) is 0 Å². The number of Topliss-reactive ketones (excluding diaryl/α,β-unsaturated/α-hetero) is 1. The summed E-state index contributed by atoms with van der Waals surface area (Å²) in [6.07, 6.45) is 0. The lowest BCUT2D eigenvalue weighted by atomic mass is 10.1. The fourth-order valence-electron chi connectivity index (χ4n) is 1.69. The Labute approximate surface area is 110 Å². The van der Waals surface area contributed by atoms with Crippen molar-refractivity contribution in [2.75, 3.05) is 0 Å². The quantitative estimate of drug-likeness (QED) is 0.521. The average Bonchev–Trinajstić information content (AvgIpc) is 2.39. The molecule has 0 saturated carbocycles. The van der Waals surface area contributed by atoms with Crippen molar-refractivity contribution in [3.05, 3.63) is 59.7 Å². The van der Waals surface area contributed by atoms with E-state index in [9.17, 15) is 14.7 Å². The lowest BCUT2D eigenvalue weighted by Gasteiger charge is -2.09. The number of phenolic OH excluding ortho intramolecular Hbond substituents is 1. The van der Waals surface area contributed by atoms with Crippen molar-refractivity contribution in [3.8, 4) is 11.5 Å². The molecule has 4 nitrogen and oxygen atoms in total. The lowest BCUT2D eigenvalue weighted by Crippen LogP contribution is -2.10. The number of hydrogen-bond acceptors (Lipinski definition) is 4. The minimum absolute atomic E-state index is 0.00628. The molecule has 0 saturated heterocycles. The van der Waals surface area contributed by atoms with Gasteiger partial charge in [0.15, 0.2) is 5.78 Å². The van der Waals surface area contributed by atoms with Crippen LogP contribution in [-0.4, -0.2) is 16.9 Å². The first-order valence-corrected chi connectivity index (χ1v) is 5.69. The molecular formula is C15H12O4. The van der Waals surface area contributed by atoms with E-state index in [1.165, 1.54) is 25.1 Å². The number of hydrogen-bond donors (Lipinski definition) is 1. The lowest BCUT2D eigenvalue weighted by molar-refractivity contribution is 0.0732. The Morgan fingerprint density at radius 2 is 1.68 bits per heavy atom. The van der Waals surface area contributed by atoms with E-state index < -0.39 is 5.97 Å². The second-order valence-corrected chi connectivity index (χ2v) is 3.96. The molecule has 0 spiro atoms. The van der Waals surface area contributed by atoms with Crippen LogP contribution >= 0.6 is 0 Å². The van der Waals surface area contributed by atoms with E-state index in [1.807, 2.05) is 0 Å². The number of esters is 1. The fraction of sp³-hybridized carbons (Fsp3) is 0.0667. The number of ether oxygens (including phenoxy) is 1. The molecule has 19 heavy (non-hydrogen) atoms. The van der Waals surface area contributed by atoms with Crippen molar-refractivity contribution in [3.63, 3.8) is 0 Å². The minimum Gasteiger partial charge on any atom is -0.507 e. The monoisotopic (exact) mass is 256 g/mol. The first-order valence-electron chi connectivity index (χ1n) is 5.69. The van der Waals surface area contributed by atoms with Crippen molar-refractivity contribution in [2.45, 2.75) is 6.92 Å². The van der Waals surface area contributed by atoms with E-state index in [0.717, 1.165) is 0 Å². The third-order valence-corrected chi connectivity index (χ3v) is 2.57. The summed E-state index contributed by atoms with van der Waals surface area (Å²) in [5, 5.41) is 9.63. The Morgan fingerprint density at radius 3 is 2.32 bits per heavy atom. The summed E-state index contributed by atoms with van der Waals surface area (Å²) in [7, 11) is 0. The molecule has 0 radical (unpaired) electrons. The van der Waals surface area contributed by atoms with Crippen molar-refractivity contribution < 1.29 is 19.4 Å². The molecule has 0 bridgehead atoms. The summed E-state index contributed by atoms with van der Waals surface area (Å²) < 4.78 is 5.15. The first kappa shape index (κ1) is 12.8. The zero-order valence-electron chi connectivity index (χ0n) is 10.3. The summed E-state index contributed by atoms with van der Waals surface area (Å²) in [4.78, 5) is 23.3. The highest BCUT2D eigenvalue weighted by Gasteiger charge is 2.17. The van der Waals surface area contributed by atoms with Gasteiger partial charge in [0.05, 0.1) is 5.56 Å². The standard InChI is InChI=1S/C15H12O4/c1-10(16)14-12(17)8-5-9-13(14)19-15(18)11-6-3-2-4-7-11/h2-9,17H,1H3. The molecule has 0 aliphatic rings. The van der Waals surface area contributed by atoms with Gasteiger partial charge in [-0.05, 0) is 31.2 Å². The molecule has 0 fully saturated rings. The molecule has 0 aromatic heterocycles. The summed E-state index contributed by atoms with van der Waals surface area (Å²) in [6, 6.07) is 12.8. The van der Waals surface area contributed by atoms with E-state index in [2.05, 4.69) is 0 Å². The van der Waals surface area contributed by atoms with E-state index >= 15 is 0 Å². The van der Waals surface area contributed by atoms with Gasteiger partial charge in [0, 0.05) is 0 Å². The highest BCUT2D eigenvalue weighted by Crippen LogP contribution is 2.28. The molecule has 0 heterocycles. The largest absolute Gasteiger partial charge is 0.507 e. The zero-order valence-corrected chi connectivity index (χ0v) is 10.3. The highest BCUT2D eigenvalue weighted by molar-refractivity contribution is 6.01. The third kappa shape index (κ3) is 2.80. The number of ketones is 1. The van der Waals surface area contributed by atoms with Gasteiger partial charge in [-0.1, -0.05) is 24.3 Å². The van der Waals surface area contributed by atoms with Crippen LogP contribution < -0.4 is 4.74 Å². The predicted molar refractivity (Wildman–Crippen MR) is 69.5 cm³/mol. The molecule has 2 rings (SSSR count). The molecule has 0 aliphatic carbocycles. The van der Waals surface area contributed by atoms with Gasteiger partial charge in [-0.2, -0.15) is 0 Å². The van der Waals surface area contributed by atoms with Gasteiger partial charge in [-0.15, -0.1) is 0 Å². The van der Waals surface area contributed by atoms with E-state index in [4.69, 9.17) is 4.74 Å². The molecule has 4 heteroatoms. The predicted octanol–water partition coefficient (Wildman–Crippen LogP) is 2.81. The first-order chi connectivity index (χ1) is 9.09. The van der Waals surface area contributed by atoms with Crippen LogP contribution in [0.3, 0.4) is 0 Å². The topological polar surface area (TPSA) is 63.6 Å². The number of benzene rings is 2. The smallest absolute Gasteiger partial charge is 0.343 e. The SMILES string of the molecule is CC(=O)c1c(O)cccc1OC(=O)c1ccccc1. The molecule has 0 aliphatic heterocycles. The van der Waals surface area contributed by atoms with Crippen LogP contribution in [0.4, 0.5) is 0 Å². The van der Waals surface area contributed by atoms with Crippen LogP contribution in [-0.2, 0) is 0 Å². The number of carbonyl (C=O) groups is 2. The summed E-state index contributed by atoms with van der Waals surface area (Å²) in [5.41, 5.74) is 0.382. The maximum Gasteiger partial charge on any atom is 0.343 e. The molecular weight excluding hydrogens is 244 g/mol. The van der Waals surface area contributed by atoms with Gasteiger partial charge >= 0.3 is 5.97 Å². The van der Waals surface area contributed by atoms with E-state index in [1.54, 1.807) is 30.3 Å². The summed E-state index contributed by atoms with van der Waals surface area (Å²) in [6.45, 7) is 1.30. The minimum atomic E-state index is -0.575. The second-order valence-electron chi connectivity index (χ2n) is 3.96. The molecule has 1 N–H and O–H groups in total. The van der Waals surface area contributed by atoms with Crippen LogP contribution in [0.15, 0.2) is 48.5 Å². The fourth-order valence-corrected chi connectivity index (χ4v) is 1.69. The Hall–Kier alpha value is -2.62. The molecule has 2 aromatic rings. The number of phenols is 1. The van der Waals surface area contributed by atoms with Crippen molar-refractivity contribution in [1.29, 1.82) is 0 Å². The second kappa shape index (κ2) is 5.35. The maximum atomic E-state index is 11.9. The Balaban J connectivity index is 2.32. The Kier molecular flexibility index (Phi) is 3.61. The number of rotatable bonds is 3. The Bertz CT molecular complexity index is 617. The van der Waals surface area contributed by atoms with E-state index in [-0.39, 0.29) is 22.8 Å². The van der Waals surface area contributed by atoms with Crippen LogP contribution in [0.2, 0.25) is 0 Å². The van der Waals surface area contributed by atoms with Crippen LogP contribution in [0, 0.1) is 0 Å². The molecule has 0 unspecified atom stereocenters. The summed E-state index contributed by atoms with van der Waals surface area (Å²) >= 11 is 0. The van der Waals surface area contributed by atoms with Crippen molar-refractivity contribution >= 4 is 11.8 Å². The van der Waals surface area contributed by atoms with Crippen molar-refractivity contribution in [1.82, 2.24) is 0 Å².